The molecule has 0 aliphatic carbocycles. The second-order valence-electron chi connectivity index (χ2n) is 5.32. The van der Waals surface area contributed by atoms with Gasteiger partial charge in [0.05, 0.1) is 26.9 Å². The number of methoxy groups -OCH3 is 1. The van der Waals surface area contributed by atoms with Crippen LogP contribution >= 0.6 is 24.0 Å². The van der Waals surface area contributed by atoms with E-state index in [1.807, 2.05) is 12.1 Å². The fourth-order valence-corrected chi connectivity index (χ4v) is 2.56. The van der Waals surface area contributed by atoms with Crippen LogP contribution in [0.25, 0.3) is 10.8 Å². The van der Waals surface area contributed by atoms with Crippen LogP contribution in [0.2, 0.25) is 0 Å². The number of benzene rings is 2. The Balaban J connectivity index is 0.00000192. The third-order valence-electron chi connectivity index (χ3n) is 3.87. The van der Waals surface area contributed by atoms with Crippen LogP contribution in [0.4, 0.5) is 0 Å². The number of aliphatic imine (C=N–C) groups is 1. The van der Waals surface area contributed by atoms with Crippen molar-refractivity contribution in [3.8, 4) is 5.75 Å². The number of morpholine rings is 1. The van der Waals surface area contributed by atoms with E-state index in [0.717, 1.165) is 29.8 Å². The lowest BCUT2D eigenvalue weighted by Crippen LogP contribution is -2.44. The third kappa shape index (κ3) is 4.48. The summed E-state index contributed by atoms with van der Waals surface area (Å²) < 4.78 is 10.6. The normalized spacial score (nSPS) is 15.3. The van der Waals surface area contributed by atoms with E-state index >= 15 is 0 Å². The second kappa shape index (κ2) is 8.35. The van der Waals surface area contributed by atoms with Crippen molar-refractivity contribution in [2.45, 2.75) is 6.54 Å². The van der Waals surface area contributed by atoms with Gasteiger partial charge in [-0.25, -0.2) is 4.99 Å². The number of fused-ring (bicyclic) bond motifs is 1. The molecule has 2 aromatic rings. The number of rotatable bonds is 3. The van der Waals surface area contributed by atoms with Crippen molar-refractivity contribution in [3.05, 3.63) is 42.0 Å². The maximum atomic E-state index is 6.05. The molecule has 1 fully saturated rings. The van der Waals surface area contributed by atoms with E-state index in [1.54, 1.807) is 7.11 Å². The molecule has 1 saturated heterocycles. The lowest BCUT2D eigenvalue weighted by molar-refractivity contribution is 0.0674. The van der Waals surface area contributed by atoms with Crippen molar-refractivity contribution in [2.24, 2.45) is 10.7 Å². The molecule has 2 N–H and O–H groups in total. The van der Waals surface area contributed by atoms with Crippen molar-refractivity contribution in [3.63, 3.8) is 0 Å². The molecule has 23 heavy (non-hydrogen) atoms. The quantitative estimate of drug-likeness (QED) is 0.465. The molecule has 0 amide bonds. The van der Waals surface area contributed by atoms with Crippen LogP contribution in [-0.2, 0) is 11.3 Å². The van der Waals surface area contributed by atoms with Crippen LogP contribution in [0.1, 0.15) is 5.56 Å². The topological polar surface area (TPSA) is 60.1 Å². The zero-order chi connectivity index (χ0) is 15.4. The molecule has 124 valence electrons. The minimum Gasteiger partial charge on any atom is -0.497 e. The maximum Gasteiger partial charge on any atom is 0.191 e. The van der Waals surface area contributed by atoms with Crippen LogP contribution in [0.15, 0.2) is 41.4 Å². The lowest BCUT2D eigenvalue weighted by Gasteiger charge is -2.27. The van der Waals surface area contributed by atoms with E-state index in [4.69, 9.17) is 15.2 Å². The van der Waals surface area contributed by atoms with Crippen molar-refractivity contribution in [2.75, 3.05) is 33.4 Å². The Morgan fingerprint density at radius 2 is 1.87 bits per heavy atom. The number of hydrogen-bond acceptors (Lipinski definition) is 3. The van der Waals surface area contributed by atoms with Gasteiger partial charge in [-0.15, -0.1) is 24.0 Å². The summed E-state index contributed by atoms with van der Waals surface area (Å²) in [6, 6.07) is 12.4. The number of guanidine groups is 1. The first-order chi connectivity index (χ1) is 10.8. The van der Waals surface area contributed by atoms with Crippen molar-refractivity contribution in [1.29, 1.82) is 0 Å². The summed E-state index contributed by atoms with van der Waals surface area (Å²) in [5, 5.41) is 2.34. The largest absolute Gasteiger partial charge is 0.497 e. The van der Waals surface area contributed by atoms with E-state index in [0.29, 0.717) is 25.7 Å². The third-order valence-corrected chi connectivity index (χ3v) is 3.87. The van der Waals surface area contributed by atoms with Crippen molar-refractivity contribution < 1.29 is 9.47 Å². The van der Waals surface area contributed by atoms with Gasteiger partial charge in [0, 0.05) is 13.1 Å². The van der Waals surface area contributed by atoms with Crippen LogP contribution in [-0.4, -0.2) is 44.3 Å². The molecular weight excluding hydrogens is 405 g/mol. The summed E-state index contributed by atoms with van der Waals surface area (Å²) in [4.78, 5) is 6.56. The second-order valence-corrected chi connectivity index (χ2v) is 5.32. The molecule has 1 aliphatic rings. The molecule has 0 aromatic heterocycles. The molecular formula is C17H22IN3O2. The molecule has 0 atom stereocenters. The van der Waals surface area contributed by atoms with Gasteiger partial charge in [0.25, 0.3) is 0 Å². The summed E-state index contributed by atoms with van der Waals surface area (Å²) in [7, 11) is 1.68. The first-order valence-corrected chi connectivity index (χ1v) is 7.45. The maximum absolute atomic E-state index is 6.05. The summed E-state index contributed by atoms with van der Waals surface area (Å²) >= 11 is 0. The van der Waals surface area contributed by atoms with Gasteiger partial charge in [0.2, 0.25) is 0 Å². The molecule has 5 nitrogen and oxygen atoms in total. The van der Waals surface area contributed by atoms with Gasteiger partial charge in [0.1, 0.15) is 5.75 Å². The van der Waals surface area contributed by atoms with Gasteiger partial charge < -0.3 is 20.1 Å². The fourth-order valence-electron chi connectivity index (χ4n) is 2.56. The number of halogens is 1. The number of nitrogens with two attached hydrogens (primary N) is 1. The van der Waals surface area contributed by atoms with E-state index in [-0.39, 0.29) is 24.0 Å². The van der Waals surface area contributed by atoms with E-state index < -0.39 is 0 Å². The smallest absolute Gasteiger partial charge is 0.191 e. The van der Waals surface area contributed by atoms with E-state index in [9.17, 15) is 0 Å². The first-order valence-electron chi connectivity index (χ1n) is 7.45. The summed E-state index contributed by atoms with van der Waals surface area (Å²) in [6.45, 7) is 3.65. The van der Waals surface area contributed by atoms with Gasteiger partial charge in [0.15, 0.2) is 5.96 Å². The van der Waals surface area contributed by atoms with Gasteiger partial charge in [-0.3, -0.25) is 0 Å². The van der Waals surface area contributed by atoms with Crippen LogP contribution in [0, 0.1) is 0 Å². The Morgan fingerprint density at radius 3 is 2.61 bits per heavy atom. The number of ether oxygens (including phenoxy) is 2. The van der Waals surface area contributed by atoms with Crippen LogP contribution in [0.3, 0.4) is 0 Å². The Hall–Kier alpha value is -1.54. The monoisotopic (exact) mass is 427 g/mol. The van der Waals surface area contributed by atoms with Gasteiger partial charge in [-0.2, -0.15) is 0 Å². The SMILES string of the molecule is COc1ccc2cc(CN=C(N)N3CCOCC3)ccc2c1.I. The van der Waals surface area contributed by atoms with Gasteiger partial charge in [-0.1, -0.05) is 18.2 Å². The fraction of sp³-hybridized carbons (Fsp3) is 0.353. The van der Waals surface area contributed by atoms with Gasteiger partial charge >= 0.3 is 0 Å². The molecule has 6 heteroatoms. The Bertz CT molecular complexity index is 685. The zero-order valence-corrected chi connectivity index (χ0v) is 15.5. The number of nitrogens with zero attached hydrogens (tertiary/aromatic N) is 2. The predicted molar refractivity (Wildman–Crippen MR) is 104 cm³/mol. The Kier molecular flexibility index (Phi) is 6.47. The van der Waals surface area contributed by atoms with Crippen molar-refractivity contribution >= 4 is 40.7 Å². The standard InChI is InChI=1S/C17H21N3O2.HI/c1-21-16-5-4-14-10-13(2-3-15(14)11-16)12-19-17(18)20-6-8-22-9-7-20;/h2-5,10-11H,6-9,12H2,1H3,(H2,18,19);1H. The minimum atomic E-state index is 0. The molecule has 1 aliphatic heterocycles. The Morgan fingerprint density at radius 1 is 1.17 bits per heavy atom. The summed E-state index contributed by atoms with van der Waals surface area (Å²) in [5.74, 6) is 1.47. The van der Waals surface area contributed by atoms with E-state index in [2.05, 4.69) is 34.2 Å². The Labute approximate surface area is 153 Å². The summed E-state index contributed by atoms with van der Waals surface area (Å²) in [5.41, 5.74) is 7.20. The van der Waals surface area contributed by atoms with Crippen LogP contribution < -0.4 is 10.5 Å². The van der Waals surface area contributed by atoms with Crippen molar-refractivity contribution in [1.82, 2.24) is 4.90 Å². The average molecular weight is 427 g/mol. The van der Waals surface area contributed by atoms with Gasteiger partial charge in [-0.05, 0) is 34.5 Å². The molecule has 3 rings (SSSR count). The molecule has 0 saturated carbocycles. The lowest BCUT2D eigenvalue weighted by atomic mass is 10.1. The molecule has 0 radical (unpaired) electrons. The van der Waals surface area contributed by atoms with Crippen LogP contribution in [0.5, 0.6) is 5.75 Å². The highest BCUT2D eigenvalue weighted by Gasteiger charge is 2.11. The first kappa shape index (κ1) is 17.8. The molecule has 1 heterocycles. The molecule has 0 spiro atoms. The summed E-state index contributed by atoms with van der Waals surface area (Å²) in [6.07, 6.45) is 0. The molecule has 0 unspecified atom stereocenters. The van der Waals surface area contributed by atoms with E-state index in [1.165, 1.54) is 5.39 Å². The molecule has 0 bridgehead atoms. The number of hydrogen-bond donors (Lipinski definition) is 1. The minimum absolute atomic E-state index is 0. The highest BCUT2D eigenvalue weighted by Crippen LogP contribution is 2.22. The zero-order valence-electron chi connectivity index (χ0n) is 13.2. The average Bonchev–Trinajstić information content (AvgIpc) is 2.59. The predicted octanol–water partition coefficient (Wildman–Crippen LogP) is 2.61. The highest BCUT2D eigenvalue weighted by atomic mass is 127. The molecule has 2 aromatic carbocycles. The highest BCUT2D eigenvalue weighted by molar-refractivity contribution is 14.0.